The Morgan fingerprint density at radius 1 is 1.62 bits per heavy atom. The lowest BCUT2D eigenvalue weighted by molar-refractivity contribution is -0.130. The van der Waals surface area contributed by atoms with E-state index in [-0.39, 0.29) is 11.9 Å². The van der Waals surface area contributed by atoms with Crippen molar-refractivity contribution < 1.29 is 4.79 Å². The number of carbonyl (C=O) groups is 1. The molecule has 1 aliphatic heterocycles. The molecule has 4 heteroatoms. The molecule has 4 nitrogen and oxygen atoms in total. The lowest BCUT2D eigenvalue weighted by Gasteiger charge is -2.17. The zero-order valence-corrected chi connectivity index (χ0v) is 8.49. The molecule has 0 unspecified atom stereocenters. The Kier molecular flexibility index (Phi) is 3.69. The predicted molar refractivity (Wildman–Crippen MR) is 52.3 cm³/mol. The third kappa shape index (κ3) is 3.32. The van der Waals surface area contributed by atoms with Gasteiger partial charge in [-0.3, -0.25) is 4.79 Å². The Hall–Kier alpha value is -0.610. The molecule has 1 atom stereocenters. The third-order valence-electron chi connectivity index (χ3n) is 2.35. The number of hydrogen-bond acceptors (Lipinski definition) is 3. The summed E-state index contributed by atoms with van der Waals surface area (Å²) < 4.78 is 0. The summed E-state index contributed by atoms with van der Waals surface area (Å²) in [7, 11) is 3.95. The third-order valence-corrected chi connectivity index (χ3v) is 2.35. The number of nitrogens with two attached hydrogens (primary N) is 1. The van der Waals surface area contributed by atoms with Gasteiger partial charge in [0.05, 0.1) is 0 Å². The minimum absolute atomic E-state index is 0.198. The fourth-order valence-corrected chi connectivity index (χ4v) is 1.49. The average molecular weight is 185 g/mol. The Bertz CT molecular complexity index is 182. The van der Waals surface area contributed by atoms with E-state index in [1.165, 1.54) is 0 Å². The molecule has 1 saturated heterocycles. The van der Waals surface area contributed by atoms with E-state index in [9.17, 15) is 4.79 Å². The predicted octanol–water partition coefficient (Wildman–Crippen LogP) is -0.502. The lowest BCUT2D eigenvalue weighted by Crippen LogP contribution is -2.33. The standard InChI is InChI=1S/C9H19N3O/c1-11(2)5-4-9(13)12-6-3-8(10)7-12/h8H,3-7,10H2,1-2H3/t8-/m1/s1. The van der Waals surface area contributed by atoms with Crippen LogP contribution in [-0.2, 0) is 4.79 Å². The van der Waals surface area contributed by atoms with E-state index in [1.54, 1.807) is 0 Å². The first-order chi connectivity index (χ1) is 6.09. The van der Waals surface area contributed by atoms with E-state index >= 15 is 0 Å². The number of amides is 1. The number of carbonyl (C=O) groups excluding carboxylic acids is 1. The lowest BCUT2D eigenvalue weighted by atomic mass is 10.3. The maximum Gasteiger partial charge on any atom is 0.223 e. The molecule has 2 N–H and O–H groups in total. The molecule has 1 aliphatic rings. The second-order valence-corrected chi connectivity index (χ2v) is 3.94. The molecular weight excluding hydrogens is 166 g/mol. The van der Waals surface area contributed by atoms with E-state index in [4.69, 9.17) is 5.73 Å². The van der Waals surface area contributed by atoms with Crippen LogP contribution in [0.4, 0.5) is 0 Å². The van der Waals surface area contributed by atoms with E-state index < -0.39 is 0 Å². The molecule has 0 radical (unpaired) electrons. The molecule has 0 aromatic rings. The molecule has 0 aromatic carbocycles. The van der Waals surface area contributed by atoms with Gasteiger partial charge in [-0.15, -0.1) is 0 Å². The number of likely N-dealkylation sites (tertiary alicyclic amines) is 1. The average Bonchev–Trinajstić information content (AvgIpc) is 2.47. The van der Waals surface area contributed by atoms with Gasteiger partial charge >= 0.3 is 0 Å². The smallest absolute Gasteiger partial charge is 0.223 e. The van der Waals surface area contributed by atoms with Crippen LogP contribution in [0.15, 0.2) is 0 Å². The Morgan fingerprint density at radius 2 is 2.31 bits per heavy atom. The summed E-state index contributed by atoms with van der Waals surface area (Å²) in [5.74, 6) is 0.238. The summed E-state index contributed by atoms with van der Waals surface area (Å²) in [5, 5.41) is 0. The van der Waals surface area contributed by atoms with Gasteiger partial charge in [-0.1, -0.05) is 0 Å². The SMILES string of the molecule is CN(C)CCC(=O)N1CC[C@@H](N)C1. The summed E-state index contributed by atoms with van der Waals surface area (Å²) in [5.41, 5.74) is 5.71. The van der Waals surface area contributed by atoms with Crippen LogP contribution in [0.3, 0.4) is 0 Å². The van der Waals surface area contributed by atoms with Crippen molar-refractivity contribution >= 4 is 5.91 Å². The van der Waals surface area contributed by atoms with Crippen molar-refractivity contribution in [2.24, 2.45) is 5.73 Å². The minimum Gasteiger partial charge on any atom is -0.341 e. The summed E-state index contributed by atoms with van der Waals surface area (Å²) >= 11 is 0. The monoisotopic (exact) mass is 185 g/mol. The topological polar surface area (TPSA) is 49.6 Å². The van der Waals surface area contributed by atoms with Crippen LogP contribution >= 0.6 is 0 Å². The normalized spacial score (nSPS) is 22.8. The Balaban J connectivity index is 2.24. The Labute approximate surface area is 79.7 Å². The molecule has 1 heterocycles. The molecule has 0 saturated carbocycles. The quantitative estimate of drug-likeness (QED) is 0.645. The van der Waals surface area contributed by atoms with Gasteiger partial charge in [0, 0.05) is 32.1 Å². The number of hydrogen-bond donors (Lipinski definition) is 1. The summed E-state index contributed by atoms with van der Waals surface area (Å²) in [6, 6.07) is 0.198. The number of nitrogens with zero attached hydrogens (tertiary/aromatic N) is 2. The van der Waals surface area contributed by atoms with Crippen LogP contribution in [0, 0.1) is 0 Å². The first-order valence-corrected chi connectivity index (χ1v) is 4.77. The molecule has 76 valence electrons. The maximum atomic E-state index is 11.5. The van der Waals surface area contributed by atoms with Crippen LogP contribution in [0.25, 0.3) is 0 Å². The molecular formula is C9H19N3O. The largest absolute Gasteiger partial charge is 0.341 e. The molecule has 0 aliphatic carbocycles. The van der Waals surface area contributed by atoms with E-state index in [0.717, 1.165) is 26.1 Å². The van der Waals surface area contributed by atoms with Crippen LogP contribution < -0.4 is 5.73 Å². The first kappa shape index (κ1) is 10.5. The van der Waals surface area contributed by atoms with Crippen molar-refractivity contribution in [3.8, 4) is 0 Å². The molecule has 1 amide bonds. The second kappa shape index (κ2) is 4.58. The van der Waals surface area contributed by atoms with Crippen LogP contribution in [0.5, 0.6) is 0 Å². The van der Waals surface area contributed by atoms with E-state index in [1.807, 2.05) is 23.9 Å². The van der Waals surface area contributed by atoms with Crippen LogP contribution in [0.2, 0.25) is 0 Å². The highest BCUT2D eigenvalue weighted by molar-refractivity contribution is 5.76. The maximum absolute atomic E-state index is 11.5. The zero-order chi connectivity index (χ0) is 9.84. The van der Waals surface area contributed by atoms with Gasteiger partial charge in [-0.25, -0.2) is 0 Å². The summed E-state index contributed by atoms with van der Waals surface area (Å²) in [4.78, 5) is 15.4. The van der Waals surface area contributed by atoms with Crippen LogP contribution in [0.1, 0.15) is 12.8 Å². The van der Waals surface area contributed by atoms with Gasteiger partial charge in [0.1, 0.15) is 0 Å². The van der Waals surface area contributed by atoms with Crippen molar-refractivity contribution in [2.45, 2.75) is 18.9 Å². The van der Waals surface area contributed by atoms with Gasteiger partial charge in [0.2, 0.25) is 5.91 Å². The molecule has 1 rings (SSSR count). The van der Waals surface area contributed by atoms with Gasteiger partial charge in [0.25, 0.3) is 0 Å². The highest BCUT2D eigenvalue weighted by atomic mass is 16.2. The molecule has 13 heavy (non-hydrogen) atoms. The molecule has 0 bridgehead atoms. The summed E-state index contributed by atoms with van der Waals surface area (Å²) in [6.45, 7) is 2.41. The van der Waals surface area contributed by atoms with Crippen molar-refractivity contribution in [2.75, 3.05) is 33.7 Å². The second-order valence-electron chi connectivity index (χ2n) is 3.94. The molecule has 1 fully saturated rings. The van der Waals surface area contributed by atoms with Crippen molar-refractivity contribution in [1.29, 1.82) is 0 Å². The zero-order valence-electron chi connectivity index (χ0n) is 8.49. The fourth-order valence-electron chi connectivity index (χ4n) is 1.49. The van der Waals surface area contributed by atoms with Crippen molar-refractivity contribution in [1.82, 2.24) is 9.80 Å². The minimum atomic E-state index is 0.198. The highest BCUT2D eigenvalue weighted by Gasteiger charge is 2.22. The Morgan fingerprint density at radius 3 is 2.77 bits per heavy atom. The first-order valence-electron chi connectivity index (χ1n) is 4.77. The van der Waals surface area contributed by atoms with Crippen LogP contribution in [-0.4, -0.2) is 55.5 Å². The van der Waals surface area contributed by atoms with E-state index in [2.05, 4.69) is 0 Å². The van der Waals surface area contributed by atoms with Gasteiger partial charge < -0.3 is 15.5 Å². The fraction of sp³-hybridized carbons (Fsp3) is 0.889. The van der Waals surface area contributed by atoms with Crippen molar-refractivity contribution in [3.63, 3.8) is 0 Å². The van der Waals surface area contributed by atoms with E-state index in [0.29, 0.717) is 6.42 Å². The summed E-state index contributed by atoms with van der Waals surface area (Å²) in [6.07, 6.45) is 1.56. The van der Waals surface area contributed by atoms with Gasteiger partial charge in [0.15, 0.2) is 0 Å². The van der Waals surface area contributed by atoms with Gasteiger partial charge in [-0.2, -0.15) is 0 Å². The number of rotatable bonds is 3. The molecule has 0 aromatic heterocycles. The van der Waals surface area contributed by atoms with Crippen molar-refractivity contribution in [3.05, 3.63) is 0 Å². The molecule has 0 spiro atoms. The van der Waals surface area contributed by atoms with Gasteiger partial charge in [-0.05, 0) is 20.5 Å². The highest BCUT2D eigenvalue weighted by Crippen LogP contribution is 2.08.